The molecule has 7 nitrogen and oxygen atoms in total. The van der Waals surface area contributed by atoms with Crippen LogP contribution in [0.2, 0.25) is 0 Å². The van der Waals surface area contributed by atoms with Crippen LogP contribution in [0.25, 0.3) is 5.69 Å². The van der Waals surface area contributed by atoms with Crippen molar-refractivity contribution in [3.63, 3.8) is 0 Å². The first-order valence-electron chi connectivity index (χ1n) is 9.24. The summed E-state index contributed by atoms with van der Waals surface area (Å²) < 4.78 is 45.0. The zero-order valence-electron chi connectivity index (χ0n) is 16.2. The third-order valence-electron chi connectivity index (χ3n) is 4.43. The van der Waals surface area contributed by atoms with Crippen molar-refractivity contribution in [3.05, 3.63) is 90.8 Å². The number of pyridine rings is 1. The standard InChI is InChI=1S/C22H15F3N4O3/c23-22(24,25)14-1-5-16(6-2-14)32-17-7-3-15(4-8-17)28-21(31)19-20(30)18(9-10-27-19)29-12-11-26-13-29/h1-13,30H,(H,28,31). The molecule has 2 N–H and O–H groups in total. The second-order valence-electron chi connectivity index (χ2n) is 6.60. The van der Waals surface area contributed by atoms with E-state index in [1.165, 1.54) is 30.9 Å². The molecule has 32 heavy (non-hydrogen) atoms. The minimum Gasteiger partial charge on any atom is -0.504 e. The number of ether oxygens (including phenoxy) is 1. The van der Waals surface area contributed by atoms with Gasteiger partial charge in [-0.15, -0.1) is 0 Å². The zero-order chi connectivity index (χ0) is 22.7. The van der Waals surface area contributed by atoms with Crippen molar-refractivity contribution in [1.82, 2.24) is 14.5 Å². The lowest BCUT2D eigenvalue weighted by Crippen LogP contribution is -2.14. The van der Waals surface area contributed by atoms with Crippen molar-refractivity contribution >= 4 is 11.6 Å². The predicted molar refractivity (Wildman–Crippen MR) is 109 cm³/mol. The van der Waals surface area contributed by atoms with Crippen molar-refractivity contribution in [2.45, 2.75) is 6.18 Å². The number of rotatable bonds is 5. The number of hydrogen-bond donors (Lipinski definition) is 2. The van der Waals surface area contributed by atoms with E-state index >= 15 is 0 Å². The number of aromatic hydroxyl groups is 1. The fourth-order valence-corrected chi connectivity index (χ4v) is 2.86. The van der Waals surface area contributed by atoms with Gasteiger partial charge in [-0.3, -0.25) is 4.79 Å². The molecule has 0 aliphatic rings. The second kappa shape index (κ2) is 8.42. The molecule has 0 bridgehead atoms. The summed E-state index contributed by atoms with van der Waals surface area (Å²) in [5.41, 5.74) is -0.176. The molecule has 2 heterocycles. The molecule has 0 spiro atoms. The highest BCUT2D eigenvalue weighted by atomic mass is 19.4. The van der Waals surface area contributed by atoms with Crippen LogP contribution in [0.1, 0.15) is 16.1 Å². The summed E-state index contributed by atoms with van der Waals surface area (Å²) in [6, 6.07) is 12.0. The minimum atomic E-state index is -4.42. The number of benzene rings is 2. The number of carbonyl (C=O) groups is 1. The first-order valence-corrected chi connectivity index (χ1v) is 9.24. The quantitative estimate of drug-likeness (QED) is 0.454. The fourth-order valence-electron chi connectivity index (χ4n) is 2.86. The summed E-state index contributed by atoms with van der Waals surface area (Å²) in [6.07, 6.45) is 1.61. The number of imidazole rings is 1. The van der Waals surface area contributed by atoms with E-state index in [4.69, 9.17) is 4.74 Å². The smallest absolute Gasteiger partial charge is 0.416 e. The fraction of sp³-hybridized carbons (Fsp3) is 0.0455. The highest BCUT2D eigenvalue weighted by Gasteiger charge is 2.30. The SMILES string of the molecule is O=C(Nc1ccc(Oc2ccc(C(F)(F)F)cc2)cc1)c1nccc(-n2ccnc2)c1O. The summed E-state index contributed by atoms with van der Waals surface area (Å²) in [7, 11) is 0. The highest BCUT2D eigenvalue weighted by molar-refractivity contribution is 6.05. The van der Waals surface area contributed by atoms with E-state index in [1.54, 1.807) is 41.1 Å². The lowest BCUT2D eigenvalue weighted by molar-refractivity contribution is -0.137. The Hall–Kier alpha value is -4.34. The molecule has 2 aromatic carbocycles. The van der Waals surface area contributed by atoms with Crippen molar-refractivity contribution in [2.75, 3.05) is 5.32 Å². The Morgan fingerprint density at radius 3 is 2.22 bits per heavy atom. The summed E-state index contributed by atoms with van der Waals surface area (Å²) in [5, 5.41) is 13.0. The van der Waals surface area contributed by atoms with Crippen LogP contribution in [0.15, 0.2) is 79.5 Å². The first-order chi connectivity index (χ1) is 15.3. The third-order valence-corrected chi connectivity index (χ3v) is 4.43. The molecule has 162 valence electrons. The number of nitrogens with zero attached hydrogens (tertiary/aromatic N) is 3. The molecule has 0 fully saturated rings. The van der Waals surface area contributed by atoms with Gasteiger partial charge < -0.3 is 19.7 Å². The monoisotopic (exact) mass is 440 g/mol. The summed E-state index contributed by atoms with van der Waals surface area (Å²) in [6.45, 7) is 0. The molecule has 4 rings (SSSR count). The van der Waals surface area contributed by atoms with Crippen LogP contribution in [0.4, 0.5) is 18.9 Å². The van der Waals surface area contributed by atoms with Crippen LogP contribution in [-0.2, 0) is 6.18 Å². The number of alkyl halides is 3. The molecule has 0 aliphatic heterocycles. The Morgan fingerprint density at radius 1 is 0.969 bits per heavy atom. The number of halogens is 3. The second-order valence-corrected chi connectivity index (χ2v) is 6.60. The van der Waals surface area contributed by atoms with Gasteiger partial charge in [0.25, 0.3) is 5.91 Å². The first kappa shape index (κ1) is 20.9. The maximum absolute atomic E-state index is 12.6. The number of aromatic nitrogens is 3. The van der Waals surface area contributed by atoms with Gasteiger partial charge in [-0.2, -0.15) is 13.2 Å². The molecular weight excluding hydrogens is 425 g/mol. The van der Waals surface area contributed by atoms with E-state index in [0.29, 0.717) is 17.1 Å². The predicted octanol–water partition coefficient (Wildman–Crippen LogP) is 5.04. The minimum absolute atomic E-state index is 0.165. The van der Waals surface area contributed by atoms with Gasteiger partial charge >= 0.3 is 6.18 Å². The van der Waals surface area contributed by atoms with Crippen molar-refractivity contribution < 1.29 is 27.8 Å². The van der Waals surface area contributed by atoms with Crippen LogP contribution in [0, 0.1) is 0 Å². The lowest BCUT2D eigenvalue weighted by atomic mass is 10.2. The molecule has 10 heteroatoms. The van der Waals surface area contributed by atoms with Crippen LogP contribution in [0.3, 0.4) is 0 Å². The van der Waals surface area contributed by atoms with E-state index in [-0.39, 0.29) is 17.2 Å². The molecule has 0 radical (unpaired) electrons. The third kappa shape index (κ3) is 4.53. The van der Waals surface area contributed by atoms with Crippen molar-refractivity contribution in [3.8, 4) is 22.9 Å². The van der Waals surface area contributed by atoms with Gasteiger partial charge in [0, 0.05) is 24.3 Å². The maximum atomic E-state index is 12.6. The van der Waals surface area contributed by atoms with Crippen LogP contribution >= 0.6 is 0 Å². The Kier molecular flexibility index (Phi) is 5.50. The largest absolute Gasteiger partial charge is 0.504 e. The van der Waals surface area contributed by atoms with E-state index in [0.717, 1.165) is 12.1 Å². The van der Waals surface area contributed by atoms with Gasteiger partial charge in [0.05, 0.1) is 17.6 Å². The Balaban J connectivity index is 1.44. The van der Waals surface area contributed by atoms with Gasteiger partial charge in [-0.1, -0.05) is 0 Å². The average molecular weight is 440 g/mol. The van der Waals surface area contributed by atoms with Gasteiger partial charge in [0.2, 0.25) is 0 Å². The highest BCUT2D eigenvalue weighted by Crippen LogP contribution is 2.31. The van der Waals surface area contributed by atoms with Crippen molar-refractivity contribution in [2.24, 2.45) is 0 Å². The van der Waals surface area contributed by atoms with Crippen LogP contribution in [0.5, 0.6) is 17.2 Å². The van der Waals surface area contributed by atoms with E-state index in [2.05, 4.69) is 15.3 Å². The molecule has 0 saturated heterocycles. The van der Waals surface area contributed by atoms with Gasteiger partial charge in [0.15, 0.2) is 11.4 Å². The Bertz CT molecular complexity index is 1220. The zero-order valence-corrected chi connectivity index (χ0v) is 16.2. The van der Waals surface area contributed by atoms with Gasteiger partial charge in [-0.25, -0.2) is 9.97 Å². The molecule has 4 aromatic rings. The summed E-state index contributed by atoms with van der Waals surface area (Å²) in [4.78, 5) is 20.4. The van der Waals surface area contributed by atoms with E-state index < -0.39 is 17.6 Å². The van der Waals surface area contributed by atoms with Gasteiger partial charge in [0.1, 0.15) is 11.5 Å². The molecule has 0 aliphatic carbocycles. The average Bonchev–Trinajstić information content (AvgIpc) is 3.30. The number of hydrogen-bond acceptors (Lipinski definition) is 5. The molecule has 0 unspecified atom stereocenters. The van der Waals surface area contributed by atoms with Gasteiger partial charge in [-0.05, 0) is 54.6 Å². The molecule has 0 atom stereocenters. The molecular formula is C22H15F3N4O3. The number of nitrogens with one attached hydrogen (secondary N) is 1. The van der Waals surface area contributed by atoms with Crippen LogP contribution < -0.4 is 10.1 Å². The van der Waals surface area contributed by atoms with Crippen LogP contribution in [-0.4, -0.2) is 25.5 Å². The topological polar surface area (TPSA) is 89.3 Å². The molecule has 2 aromatic heterocycles. The normalized spacial score (nSPS) is 11.2. The summed E-state index contributed by atoms with van der Waals surface area (Å²) in [5.74, 6) is -0.322. The van der Waals surface area contributed by atoms with E-state index in [1.807, 2.05) is 0 Å². The number of amides is 1. The Morgan fingerprint density at radius 2 is 1.62 bits per heavy atom. The number of anilines is 1. The van der Waals surface area contributed by atoms with E-state index in [9.17, 15) is 23.1 Å². The summed E-state index contributed by atoms with van der Waals surface area (Å²) >= 11 is 0. The molecule has 1 amide bonds. The maximum Gasteiger partial charge on any atom is 0.416 e. The molecule has 0 saturated carbocycles. The number of carbonyl (C=O) groups excluding carboxylic acids is 1. The van der Waals surface area contributed by atoms with Crippen molar-refractivity contribution in [1.29, 1.82) is 0 Å². The lowest BCUT2D eigenvalue weighted by Gasteiger charge is -2.11. The Labute approximate surface area is 179 Å².